The van der Waals surface area contributed by atoms with E-state index in [0.717, 1.165) is 56.9 Å². The molecule has 0 N–H and O–H groups in total. The second kappa shape index (κ2) is 9.39. The smallest absolute Gasteiger partial charge is 0.222 e. The van der Waals surface area contributed by atoms with Gasteiger partial charge in [0.1, 0.15) is 5.75 Å². The Morgan fingerprint density at radius 1 is 0.923 bits per heavy atom. The number of aryl methyl sites for hydroxylation is 1. The average Bonchev–Trinajstić information content (AvgIpc) is 2.72. The molecular formula is C22H28N2O2. The second-order valence-corrected chi connectivity index (χ2v) is 6.81. The molecule has 0 unspecified atom stereocenters. The maximum absolute atomic E-state index is 12.5. The highest BCUT2D eigenvalue weighted by molar-refractivity contribution is 5.76. The Kier molecular flexibility index (Phi) is 6.67. The van der Waals surface area contributed by atoms with Crippen LogP contribution in [-0.2, 0) is 17.6 Å². The molecule has 138 valence electrons. The highest BCUT2D eigenvalue weighted by atomic mass is 16.5. The monoisotopic (exact) mass is 352 g/mol. The fourth-order valence-corrected chi connectivity index (χ4v) is 3.39. The van der Waals surface area contributed by atoms with Crippen molar-refractivity contribution in [1.29, 1.82) is 0 Å². The van der Waals surface area contributed by atoms with Gasteiger partial charge in [-0.3, -0.25) is 9.69 Å². The van der Waals surface area contributed by atoms with Crippen LogP contribution in [0.15, 0.2) is 54.6 Å². The van der Waals surface area contributed by atoms with Crippen molar-refractivity contribution in [3.8, 4) is 5.75 Å². The maximum atomic E-state index is 12.5. The van der Waals surface area contributed by atoms with Crippen molar-refractivity contribution in [3.63, 3.8) is 0 Å². The number of ether oxygens (including phenoxy) is 1. The third-order valence-corrected chi connectivity index (χ3v) is 5.05. The minimum atomic E-state index is 0.260. The van der Waals surface area contributed by atoms with Crippen molar-refractivity contribution in [2.75, 3.05) is 39.8 Å². The van der Waals surface area contributed by atoms with Crippen LogP contribution in [0.4, 0.5) is 0 Å². The van der Waals surface area contributed by atoms with Gasteiger partial charge in [0.25, 0.3) is 0 Å². The molecule has 0 saturated carbocycles. The third-order valence-electron chi connectivity index (χ3n) is 5.05. The van der Waals surface area contributed by atoms with Crippen LogP contribution in [0, 0.1) is 0 Å². The first-order chi connectivity index (χ1) is 12.7. The van der Waals surface area contributed by atoms with Crippen LogP contribution in [-0.4, -0.2) is 55.5 Å². The Morgan fingerprint density at radius 2 is 1.65 bits per heavy atom. The topological polar surface area (TPSA) is 32.8 Å². The maximum Gasteiger partial charge on any atom is 0.222 e. The van der Waals surface area contributed by atoms with Crippen molar-refractivity contribution in [3.05, 3.63) is 65.7 Å². The van der Waals surface area contributed by atoms with Crippen molar-refractivity contribution >= 4 is 5.91 Å². The number of hydrogen-bond acceptors (Lipinski definition) is 3. The Morgan fingerprint density at radius 3 is 2.38 bits per heavy atom. The first-order valence-electron chi connectivity index (χ1n) is 9.41. The summed E-state index contributed by atoms with van der Waals surface area (Å²) in [5, 5.41) is 0. The number of carbonyl (C=O) groups is 1. The van der Waals surface area contributed by atoms with E-state index in [-0.39, 0.29) is 5.91 Å². The summed E-state index contributed by atoms with van der Waals surface area (Å²) in [4.78, 5) is 17.0. The van der Waals surface area contributed by atoms with Gasteiger partial charge in [0.05, 0.1) is 7.11 Å². The van der Waals surface area contributed by atoms with Gasteiger partial charge in [-0.15, -0.1) is 0 Å². The van der Waals surface area contributed by atoms with E-state index in [1.54, 1.807) is 7.11 Å². The largest absolute Gasteiger partial charge is 0.497 e. The molecule has 0 bridgehead atoms. The molecule has 1 saturated heterocycles. The lowest BCUT2D eigenvalue weighted by molar-refractivity contribution is -0.132. The molecule has 0 radical (unpaired) electrons. The van der Waals surface area contributed by atoms with E-state index >= 15 is 0 Å². The summed E-state index contributed by atoms with van der Waals surface area (Å²) in [7, 11) is 1.67. The Labute approximate surface area is 156 Å². The number of carbonyl (C=O) groups excluding carboxylic acids is 1. The predicted molar refractivity (Wildman–Crippen MR) is 104 cm³/mol. The van der Waals surface area contributed by atoms with Crippen LogP contribution in [0.1, 0.15) is 17.5 Å². The lowest BCUT2D eigenvalue weighted by Crippen LogP contribution is -2.49. The Bertz CT molecular complexity index is 694. The zero-order valence-electron chi connectivity index (χ0n) is 15.6. The van der Waals surface area contributed by atoms with E-state index in [1.807, 2.05) is 23.1 Å². The normalized spacial score (nSPS) is 15.0. The molecule has 0 atom stereocenters. The fraction of sp³-hybridized carbons (Fsp3) is 0.409. The number of hydrogen-bond donors (Lipinski definition) is 0. The van der Waals surface area contributed by atoms with Crippen LogP contribution in [0.25, 0.3) is 0 Å². The van der Waals surface area contributed by atoms with Gasteiger partial charge in [-0.25, -0.2) is 0 Å². The molecule has 1 amide bonds. The molecule has 0 spiro atoms. The van der Waals surface area contributed by atoms with Crippen molar-refractivity contribution in [2.45, 2.75) is 19.3 Å². The van der Waals surface area contributed by atoms with Crippen LogP contribution in [0.2, 0.25) is 0 Å². The molecule has 1 fully saturated rings. The SMILES string of the molecule is COc1cccc(CCC(=O)N2CCN(CCc3ccccc3)CC2)c1. The predicted octanol–water partition coefficient (Wildman–Crippen LogP) is 3.01. The number of rotatable bonds is 7. The van der Waals surface area contributed by atoms with Crippen LogP contribution >= 0.6 is 0 Å². The molecule has 26 heavy (non-hydrogen) atoms. The molecule has 2 aromatic rings. The Hall–Kier alpha value is -2.33. The quantitative estimate of drug-likeness (QED) is 0.768. The van der Waals surface area contributed by atoms with Crippen molar-refractivity contribution < 1.29 is 9.53 Å². The molecule has 4 heteroatoms. The lowest BCUT2D eigenvalue weighted by atomic mass is 10.1. The minimum Gasteiger partial charge on any atom is -0.497 e. The molecule has 3 rings (SSSR count). The van der Waals surface area contributed by atoms with E-state index in [9.17, 15) is 4.79 Å². The summed E-state index contributed by atoms with van der Waals surface area (Å²) in [5.74, 6) is 1.11. The highest BCUT2D eigenvalue weighted by Crippen LogP contribution is 2.15. The van der Waals surface area contributed by atoms with Crippen LogP contribution in [0.3, 0.4) is 0 Å². The van der Waals surface area contributed by atoms with E-state index < -0.39 is 0 Å². The standard InChI is InChI=1S/C22H28N2O2/c1-26-21-9-5-8-20(18-21)10-11-22(25)24-16-14-23(15-17-24)13-12-19-6-3-2-4-7-19/h2-9,18H,10-17H2,1H3. The first-order valence-corrected chi connectivity index (χ1v) is 9.41. The van der Waals surface area contributed by atoms with Crippen LogP contribution in [0.5, 0.6) is 5.75 Å². The Balaban J connectivity index is 1.39. The third kappa shape index (κ3) is 5.33. The zero-order chi connectivity index (χ0) is 18.2. The van der Waals surface area contributed by atoms with E-state index in [1.165, 1.54) is 5.56 Å². The van der Waals surface area contributed by atoms with Gasteiger partial charge >= 0.3 is 0 Å². The number of nitrogens with zero attached hydrogens (tertiary/aromatic N) is 2. The molecule has 1 aliphatic heterocycles. The number of benzene rings is 2. The molecule has 4 nitrogen and oxygen atoms in total. The lowest BCUT2D eigenvalue weighted by Gasteiger charge is -2.34. The molecular weight excluding hydrogens is 324 g/mol. The second-order valence-electron chi connectivity index (χ2n) is 6.81. The van der Waals surface area contributed by atoms with E-state index in [0.29, 0.717) is 6.42 Å². The van der Waals surface area contributed by atoms with Gasteiger partial charge in [-0.2, -0.15) is 0 Å². The first kappa shape index (κ1) is 18.5. The average molecular weight is 352 g/mol. The summed E-state index contributed by atoms with van der Waals surface area (Å²) in [6.07, 6.45) is 2.41. The van der Waals surface area contributed by atoms with Gasteiger partial charge in [-0.1, -0.05) is 42.5 Å². The van der Waals surface area contributed by atoms with Gasteiger partial charge in [-0.05, 0) is 36.1 Å². The molecule has 1 heterocycles. The highest BCUT2D eigenvalue weighted by Gasteiger charge is 2.20. The van der Waals surface area contributed by atoms with Gasteiger partial charge in [0.2, 0.25) is 5.91 Å². The van der Waals surface area contributed by atoms with Gasteiger partial charge in [0.15, 0.2) is 0 Å². The fourth-order valence-electron chi connectivity index (χ4n) is 3.39. The van der Waals surface area contributed by atoms with Gasteiger partial charge in [0, 0.05) is 39.1 Å². The molecule has 1 aliphatic rings. The minimum absolute atomic E-state index is 0.260. The number of piperazine rings is 1. The summed E-state index contributed by atoms with van der Waals surface area (Å²) in [6.45, 7) is 4.68. The van der Waals surface area contributed by atoms with Gasteiger partial charge < -0.3 is 9.64 Å². The number of amides is 1. The molecule has 0 aromatic heterocycles. The van der Waals surface area contributed by atoms with Crippen molar-refractivity contribution in [2.24, 2.45) is 0 Å². The van der Waals surface area contributed by atoms with Crippen LogP contribution < -0.4 is 4.74 Å². The summed E-state index contributed by atoms with van der Waals surface area (Å²) >= 11 is 0. The van der Waals surface area contributed by atoms with E-state index in [4.69, 9.17) is 4.74 Å². The molecule has 2 aromatic carbocycles. The summed E-state index contributed by atoms with van der Waals surface area (Å²) in [5.41, 5.74) is 2.53. The van der Waals surface area contributed by atoms with Crippen molar-refractivity contribution in [1.82, 2.24) is 9.80 Å². The zero-order valence-corrected chi connectivity index (χ0v) is 15.6. The summed E-state index contributed by atoms with van der Waals surface area (Å²) in [6, 6.07) is 18.6. The molecule has 0 aliphatic carbocycles. The summed E-state index contributed by atoms with van der Waals surface area (Å²) < 4.78 is 5.24. The number of methoxy groups -OCH3 is 1. The van der Waals surface area contributed by atoms with E-state index in [2.05, 4.69) is 41.3 Å².